The highest BCUT2D eigenvalue weighted by molar-refractivity contribution is 6.05. The Bertz CT molecular complexity index is 693. The Morgan fingerprint density at radius 1 is 1.23 bits per heavy atom. The van der Waals surface area contributed by atoms with Crippen LogP contribution in [0.25, 0.3) is 0 Å². The maximum atomic E-state index is 12.5. The lowest BCUT2D eigenvalue weighted by molar-refractivity contribution is 0.102. The van der Waals surface area contributed by atoms with Crippen molar-refractivity contribution < 1.29 is 9.53 Å². The van der Waals surface area contributed by atoms with Crippen molar-refractivity contribution in [3.63, 3.8) is 0 Å². The number of carbonyl (C=O) groups excluding carboxylic acids is 1. The van der Waals surface area contributed by atoms with E-state index in [2.05, 4.69) is 19.2 Å². The van der Waals surface area contributed by atoms with Crippen molar-refractivity contribution in [2.24, 2.45) is 0 Å². The summed E-state index contributed by atoms with van der Waals surface area (Å²) in [6.45, 7) is 6.20. The smallest absolute Gasteiger partial charge is 0.255 e. The standard InChI is InChI=1S/C18H22N2O2/c1-11(2)14-7-5-6-12(3)17(14)20-18(21)13-8-9-16(22-4)15(19)10-13/h5-11H,19H2,1-4H3,(H,20,21). The number of nitrogens with one attached hydrogen (secondary N) is 1. The Hall–Kier alpha value is -2.49. The Kier molecular flexibility index (Phi) is 4.71. The molecule has 0 fully saturated rings. The van der Waals surface area contributed by atoms with Gasteiger partial charge in [0.1, 0.15) is 5.75 Å². The molecule has 0 unspecified atom stereocenters. The SMILES string of the molecule is COc1ccc(C(=O)Nc2c(C)cccc2C(C)C)cc1N. The molecule has 0 atom stereocenters. The number of carbonyl (C=O) groups is 1. The number of amides is 1. The Balaban J connectivity index is 2.31. The highest BCUT2D eigenvalue weighted by Gasteiger charge is 2.14. The van der Waals surface area contributed by atoms with Crippen LogP contribution in [0.5, 0.6) is 5.75 Å². The van der Waals surface area contributed by atoms with Crippen LogP contribution in [0.2, 0.25) is 0 Å². The van der Waals surface area contributed by atoms with Crippen LogP contribution < -0.4 is 15.8 Å². The normalized spacial score (nSPS) is 10.6. The van der Waals surface area contributed by atoms with Crippen LogP contribution in [-0.4, -0.2) is 13.0 Å². The molecule has 0 radical (unpaired) electrons. The molecule has 2 rings (SSSR count). The lowest BCUT2D eigenvalue weighted by Crippen LogP contribution is -2.15. The summed E-state index contributed by atoms with van der Waals surface area (Å²) >= 11 is 0. The lowest BCUT2D eigenvalue weighted by atomic mass is 9.98. The first kappa shape index (κ1) is 15.9. The molecule has 0 saturated heterocycles. The Morgan fingerprint density at radius 2 is 1.95 bits per heavy atom. The van der Waals surface area contributed by atoms with Crippen LogP contribution in [0.4, 0.5) is 11.4 Å². The van der Waals surface area contributed by atoms with Gasteiger partial charge in [-0.1, -0.05) is 32.0 Å². The molecule has 0 bridgehead atoms. The topological polar surface area (TPSA) is 64.3 Å². The molecule has 4 nitrogen and oxygen atoms in total. The quantitative estimate of drug-likeness (QED) is 0.840. The molecule has 0 spiro atoms. The van der Waals surface area contributed by atoms with E-state index in [-0.39, 0.29) is 5.91 Å². The molecule has 0 saturated carbocycles. The molecule has 0 heterocycles. The zero-order valence-corrected chi connectivity index (χ0v) is 13.4. The van der Waals surface area contributed by atoms with Gasteiger partial charge in [-0.25, -0.2) is 0 Å². The van der Waals surface area contributed by atoms with Crippen molar-refractivity contribution in [2.75, 3.05) is 18.2 Å². The number of nitrogen functional groups attached to an aromatic ring is 1. The minimum absolute atomic E-state index is 0.175. The van der Waals surface area contributed by atoms with Gasteiger partial charge in [0.25, 0.3) is 5.91 Å². The van der Waals surface area contributed by atoms with Gasteiger partial charge in [-0.3, -0.25) is 4.79 Å². The van der Waals surface area contributed by atoms with Crippen LogP contribution >= 0.6 is 0 Å². The number of aryl methyl sites for hydroxylation is 1. The number of rotatable bonds is 4. The van der Waals surface area contributed by atoms with E-state index >= 15 is 0 Å². The van der Waals surface area contributed by atoms with Crippen molar-refractivity contribution >= 4 is 17.3 Å². The van der Waals surface area contributed by atoms with Gasteiger partial charge in [-0.15, -0.1) is 0 Å². The first-order valence-electron chi connectivity index (χ1n) is 7.28. The fourth-order valence-corrected chi connectivity index (χ4v) is 2.40. The fraction of sp³-hybridized carbons (Fsp3) is 0.278. The van der Waals surface area contributed by atoms with E-state index in [0.717, 1.165) is 16.8 Å². The monoisotopic (exact) mass is 298 g/mol. The number of hydrogen-bond donors (Lipinski definition) is 2. The molecule has 22 heavy (non-hydrogen) atoms. The molecule has 0 aliphatic heterocycles. The second-order valence-corrected chi connectivity index (χ2v) is 5.60. The van der Waals surface area contributed by atoms with E-state index in [4.69, 9.17) is 10.5 Å². The van der Waals surface area contributed by atoms with Gasteiger partial charge >= 0.3 is 0 Å². The second-order valence-electron chi connectivity index (χ2n) is 5.60. The van der Waals surface area contributed by atoms with Gasteiger partial charge in [0.05, 0.1) is 12.8 Å². The summed E-state index contributed by atoms with van der Waals surface area (Å²) in [6.07, 6.45) is 0. The molecular weight excluding hydrogens is 276 g/mol. The molecule has 0 aliphatic carbocycles. The number of ether oxygens (including phenoxy) is 1. The zero-order chi connectivity index (χ0) is 16.3. The third kappa shape index (κ3) is 3.22. The van der Waals surface area contributed by atoms with Gasteiger partial charge in [-0.2, -0.15) is 0 Å². The van der Waals surface area contributed by atoms with Crippen molar-refractivity contribution in [1.29, 1.82) is 0 Å². The molecule has 4 heteroatoms. The highest BCUT2D eigenvalue weighted by Crippen LogP contribution is 2.28. The van der Waals surface area contributed by atoms with Crippen LogP contribution in [-0.2, 0) is 0 Å². The van der Waals surface area contributed by atoms with Crippen LogP contribution in [0.1, 0.15) is 41.3 Å². The van der Waals surface area contributed by atoms with Gasteiger partial charge in [0.2, 0.25) is 0 Å². The first-order chi connectivity index (χ1) is 10.4. The third-order valence-electron chi connectivity index (χ3n) is 3.66. The van der Waals surface area contributed by atoms with Crippen molar-refractivity contribution in [2.45, 2.75) is 26.7 Å². The Morgan fingerprint density at radius 3 is 2.55 bits per heavy atom. The first-order valence-corrected chi connectivity index (χ1v) is 7.28. The van der Waals surface area contributed by atoms with Crippen molar-refractivity contribution in [1.82, 2.24) is 0 Å². The molecule has 0 aliphatic rings. The van der Waals surface area contributed by atoms with Gasteiger partial charge in [0.15, 0.2) is 0 Å². The van der Waals surface area contributed by atoms with Crippen molar-refractivity contribution in [3.05, 3.63) is 53.1 Å². The molecule has 2 aromatic rings. The minimum atomic E-state index is -0.175. The number of methoxy groups -OCH3 is 1. The van der Waals surface area contributed by atoms with E-state index in [1.165, 1.54) is 0 Å². The van der Waals surface area contributed by atoms with Crippen LogP contribution in [0, 0.1) is 6.92 Å². The molecular formula is C18H22N2O2. The highest BCUT2D eigenvalue weighted by atomic mass is 16.5. The van der Waals surface area contributed by atoms with E-state index < -0.39 is 0 Å². The van der Waals surface area contributed by atoms with E-state index in [1.807, 2.05) is 25.1 Å². The average molecular weight is 298 g/mol. The van der Waals surface area contributed by atoms with E-state index in [1.54, 1.807) is 25.3 Å². The van der Waals surface area contributed by atoms with Gasteiger partial charge < -0.3 is 15.8 Å². The lowest BCUT2D eigenvalue weighted by Gasteiger charge is -2.16. The Labute approximate surface area is 131 Å². The number of nitrogens with two attached hydrogens (primary N) is 1. The van der Waals surface area contributed by atoms with Gasteiger partial charge in [0, 0.05) is 11.3 Å². The van der Waals surface area contributed by atoms with Gasteiger partial charge in [-0.05, 0) is 42.2 Å². The summed E-state index contributed by atoms with van der Waals surface area (Å²) in [5, 5.41) is 3.01. The van der Waals surface area contributed by atoms with Crippen LogP contribution in [0.3, 0.4) is 0 Å². The van der Waals surface area contributed by atoms with Crippen molar-refractivity contribution in [3.8, 4) is 5.75 Å². The summed E-state index contributed by atoms with van der Waals surface area (Å²) in [7, 11) is 1.55. The number of para-hydroxylation sites is 1. The molecule has 2 aromatic carbocycles. The summed E-state index contributed by atoms with van der Waals surface area (Å²) < 4.78 is 5.11. The summed E-state index contributed by atoms with van der Waals surface area (Å²) in [6, 6.07) is 11.1. The maximum absolute atomic E-state index is 12.5. The summed E-state index contributed by atoms with van der Waals surface area (Å²) in [5.74, 6) is 0.719. The molecule has 3 N–H and O–H groups in total. The molecule has 1 amide bonds. The third-order valence-corrected chi connectivity index (χ3v) is 3.66. The predicted molar refractivity (Wildman–Crippen MR) is 90.6 cm³/mol. The number of anilines is 2. The molecule has 0 aromatic heterocycles. The molecule has 116 valence electrons. The van der Waals surface area contributed by atoms with E-state index in [9.17, 15) is 4.79 Å². The van der Waals surface area contributed by atoms with Crippen LogP contribution in [0.15, 0.2) is 36.4 Å². The fourth-order valence-electron chi connectivity index (χ4n) is 2.40. The summed E-state index contributed by atoms with van der Waals surface area (Å²) in [5.41, 5.74) is 9.86. The number of benzene rings is 2. The van der Waals surface area contributed by atoms with E-state index in [0.29, 0.717) is 22.9 Å². The minimum Gasteiger partial charge on any atom is -0.495 e. The second kappa shape index (κ2) is 6.52. The zero-order valence-electron chi connectivity index (χ0n) is 13.4. The average Bonchev–Trinajstić information content (AvgIpc) is 2.48. The number of hydrogen-bond acceptors (Lipinski definition) is 3. The maximum Gasteiger partial charge on any atom is 0.255 e. The summed E-state index contributed by atoms with van der Waals surface area (Å²) in [4.78, 5) is 12.5. The predicted octanol–water partition coefficient (Wildman–Crippen LogP) is 3.96. The largest absolute Gasteiger partial charge is 0.495 e.